The molecule has 152 valence electrons. The van der Waals surface area contributed by atoms with Gasteiger partial charge < -0.3 is 19.3 Å². The van der Waals surface area contributed by atoms with Crippen molar-refractivity contribution in [3.8, 4) is 11.5 Å². The van der Waals surface area contributed by atoms with Crippen LogP contribution in [0, 0.1) is 0 Å². The second kappa shape index (κ2) is 10.5. The Kier molecular flexibility index (Phi) is 7.71. The van der Waals surface area contributed by atoms with Gasteiger partial charge in [-0.1, -0.05) is 36.4 Å². The molecule has 1 aliphatic heterocycles. The maximum absolute atomic E-state index is 10.7. The van der Waals surface area contributed by atoms with Crippen molar-refractivity contribution >= 4 is 0 Å². The lowest BCUT2D eigenvalue weighted by atomic mass is 10.1. The average Bonchev–Trinajstić information content (AvgIpc) is 3.21. The van der Waals surface area contributed by atoms with E-state index in [1.54, 1.807) is 14.2 Å². The second-order valence-electron chi connectivity index (χ2n) is 7.36. The van der Waals surface area contributed by atoms with Gasteiger partial charge in [0.2, 0.25) is 0 Å². The summed E-state index contributed by atoms with van der Waals surface area (Å²) in [5.41, 5.74) is 2.28. The molecule has 0 aliphatic carbocycles. The Balaban J connectivity index is 1.67. The zero-order valence-corrected chi connectivity index (χ0v) is 16.8. The van der Waals surface area contributed by atoms with Crippen molar-refractivity contribution < 1.29 is 19.3 Å². The molecule has 1 saturated heterocycles. The van der Waals surface area contributed by atoms with Gasteiger partial charge in [0.15, 0.2) is 11.5 Å². The molecule has 5 nitrogen and oxygen atoms in total. The number of nitrogens with zero attached hydrogens (tertiary/aromatic N) is 1. The van der Waals surface area contributed by atoms with Crippen LogP contribution in [0.5, 0.6) is 11.5 Å². The normalized spacial score (nSPS) is 17.6. The van der Waals surface area contributed by atoms with Crippen LogP contribution in [0.1, 0.15) is 24.0 Å². The van der Waals surface area contributed by atoms with Crippen molar-refractivity contribution in [1.82, 2.24) is 4.90 Å². The van der Waals surface area contributed by atoms with Gasteiger partial charge in [-0.2, -0.15) is 0 Å². The van der Waals surface area contributed by atoms with E-state index in [2.05, 4.69) is 17.0 Å². The van der Waals surface area contributed by atoms with E-state index in [-0.39, 0.29) is 6.10 Å². The van der Waals surface area contributed by atoms with Crippen LogP contribution >= 0.6 is 0 Å². The lowest BCUT2D eigenvalue weighted by molar-refractivity contribution is 0.0464. The minimum absolute atomic E-state index is 0.240. The Labute approximate surface area is 167 Å². The third-order valence-electron chi connectivity index (χ3n) is 5.12. The van der Waals surface area contributed by atoms with Crippen molar-refractivity contribution in [2.24, 2.45) is 0 Å². The molecule has 0 spiro atoms. The number of hydrogen-bond donors (Lipinski definition) is 1. The van der Waals surface area contributed by atoms with Crippen molar-refractivity contribution in [3.05, 3.63) is 59.7 Å². The number of aliphatic hydroxyl groups excluding tert-OH is 1. The summed E-state index contributed by atoms with van der Waals surface area (Å²) in [6.07, 6.45) is 2.65. The molecule has 0 aromatic heterocycles. The summed E-state index contributed by atoms with van der Waals surface area (Å²) < 4.78 is 16.6. The second-order valence-corrected chi connectivity index (χ2v) is 7.36. The van der Waals surface area contributed by atoms with Gasteiger partial charge >= 0.3 is 0 Å². The fraction of sp³-hybridized carbons (Fsp3) is 0.478. The van der Waals surface area contributed by atoms with Crippen LogP contribution in [0.2, 0.25) is 0 Å². The largest absolute Gasteiger partial charge is 0.493 e. The first kappa shape index (κ1) is 20.6. The molecule has 2 aromatic rings. The Bertz CT molecular complexity index is 716. The van der Waals surface area contributed by atoms with Crippen LogP contribution in [-0.2, 0) is 17.7 Å². The molecule has 0 unspecified atom stereocenters. The molecule has 28 heavy (non-hydrogen) atoms. The summed E-state index contributed by atoms with van der Waals surface area (Å²) in [5, 5.41) is 10.7. The van der Waals surface area contributed by atoms with E-state index in [1.807, 2.05) is 36.4 Å². The minimum atomic E-state index is -0.427. The fourth-order valence-corrected chi connectivity index (χ4v) is 3.77. The van der Waals surface area contributed by atoms with Crippen LogP contribution in [0.15, 0.2) is 48.5 Å². The summed E-state index contributed by atoms with van der Waals surface area (Å²) in [6, 6.07) is 16.1. The van der Waals surface area contributed by atoms with E-state index in [0.29, 0.717) is 13.0 Å². The monoisotopic (exact) mass is 385 g/mol. The van der Waals surface area contributed by atoms with Crippen molar-refractivity contribution in [2.45, 2.75) is 38.0 Å². The highest BCUT2D eigenvalue weighted by Gasteiger charge is 2.22. The van der Waals surface area contributed by atoms with Crippen LogP contribution in [0.3, 0.4) is 0 Å². The maximum Gasteiger partial charge on any atom is 0.161 e. The van der Waals surface area contributed by atoms with Gasteiger partial charge in [-0.15, -0.1) is 0 Å². The summed E-state index contributed by atoms with van der Waals surface area (Å²) in [6.45, 7) is 2.98. The summed E-state index contributed by atoms with van der Waals surface area (Å²) in [5.74, 6) is 1.45. The van der Waals surface area contributed by atoms with Gasteiger partial charge in [-0.3, -0.25) is 4.90 Å². The minimum Gasteiger partial charge on any atom is -0.493 e. The summed E-state index contributed by atoms with van der Waals surface area (Å²) in [4.78, 5) is 2.28. The topological polar surface area (TPSA) is 51.2 Å². The third kappa shape index (κ3) is 5.96. The van der Waals surface area contributed by atoms with Crippen LogP contribution in [-0.4, -0.2) is 56.1 Å². The highest BCUT2D eigenvalue weighted by Crippen LogP contribution is 2.28. The molecule has 2 atom stereocenters. The molecule has 0 amide bonds. The van der Waals surface area contributed by atoms with Gasteiger partial charge in [0.1, 0.15) is 0 Å². The van der Waals surface area contributed by atoms with E-state index in [0.717, 1.165) is 55.2 Å². The Hall–Kier alpha value is -2.08. The number of methoxy groups -OCH3 is 2. The first-order valence-corrected chi connectivity index (χ1v) is 9.94. The lowest BCUT2D eigenvalue weighted by Crippen LogP contribution is -2.38. The zero-order valence-electron chi connectivity index (χ0n) is 16.8. The number of aliphatic hydroxyl groups is 1. The molecule has 0 bridgehead atoms. The molecule has 3 rings (SSSR count). The molecule has 0 saturated carbocycles. The maximum atomic E-state index is 10.7. The highest BCUT2D eigenvalue weighted by molar-refractivity contribution is 5.42. The van der Waals surface area contributed by atoms with Crippen molar-refractivity contribution in [1.29, 1.82) is 0 Å². The standard InChI is InChI=1S/C23H31NO4/c1-26-22-11-10-19(14-23(22)27-2)15-24(17-21-9-6-12-28-21)16-20(25)13-18-7-4-3-5-8-18/h3-5,7-8,10-11,14,20-21,25H,6,9,12-13,15-17H2,1-2H3/t20-,21+/m1/s1. The molecule has 2 aromatic carbocycles. The Morgan fingerprint density at radius 1 is 1.07 bits per heavy atom. The molecule has 5 heteroatoms. The molecule has 0 radical (unpaired) electrons. The molecule has 1 heterocycles. The molecule has 1 fully saturated rings. The number of hydrogen-bond acceptors (Lipinski definition) is 5. The fourth-order valence-electron chi connectivity index (χ4n) is 3.77. The SMILES string of the molecule is COc1ccc(CN(C[C@H](O)Cc2ccccc2)C[C@@H]2CCCO2)cc1OC. The molecule has 1 aliphatic rings. The first-order valence-electron chi connectivity index (χ1n) is 9.94. The first-order chi connectivity index (χ1) is 13.7. The van der Waals surface area contributed by atoms with E-state index in [1.165, 1.54) is 0 Å². The van der Waals surface area contributed by atoms with Gasteiger partial charge in [-0.25, -0.2) is 0 Å². The highest BCUT2D eigenvalue weighted by atomic mass is 16.5. The van der Waals surface area contributed by atoms with Gasteiger partial charge in [0.05, 0.1) is 26.4 Å². The van der Waals surface area contributed by atoms with Gasteiger partial charge in [0.25, 0.3) is 0 Å². The van der Waals surface area contributed by atoms with Gasteiger partial charge in [0, 0.05) is 26.2 Å². The Morgan fingerprint density at radius 2 is 1.86 bits per heavy atom. The van der Waals surface area contributed by atoms with Crippen LogP contribution < -0.4 is 9.47 Å². The predicted octanol–water partition coefficient (Wildman–Crippen LogP) is 3.29. The van der Waals surface area contributed by atoms with Crippen LogP contribution in [0.25, 0.3) is 0 Å². The van der Waals surface area contributed by atoms with E-state index in [9.17, 15) is 5.11 Å². The lowest BCUT2D eigenvalue weighted by Gasteiger charge is -2.28. The average molecular weight is 386 g/mol. The summed E-state index contributed by atoms with van der Waals surface area (Å²) in [7, 11) is 3.29. The van der Waals surface area contributed by atoms with Crippen molar-refractivity contribution in [2.75, 3.05) is 33.9 Å². The Morgan fingerprint density at radius 3 is 2.54 bits per heavy atom. The zero-order chi connectivity index (χ0) is 19.8. The van der Waals surface area contributed by atoms with Crippen molar-refractivity contribution in [3.63, 3.8) is 0 Å². The molecular formula is C23H31NO4. The number of benzene rings is 2. The van der Waals surface area contributed by atoms with E-state index in [4.69, 9.17) is 14.2 Å². The smallest absolute Gasteiger partial charge is 0.161 e. The molecule has 1 N–H and O–H groups in total. The quantitative estimate of drug-likeness (QED) is 0.680. The molecular weight excluding hydrogens is 354 g/mol. The number of ether oxygens (including phenoxy) is 3. The number of rotatable bonds is 10. The predicted molar refractivity (Wildman–Crippen MR) is 110 cm³/mol. The summed E-state index contributed by atoms with van der Waals surface area (Å²) >= 11 is 0. The van der Waals surface area contributed by atoms with E-state index >= 15 is 0 Å². The van der Waals surface area contributed by atoms with Gasteiger partial charge in [-0.05, 0) is 42.5 Å². The third-order valence-corrected chi connectivity index (χ3v) is 5.12. The van der Waals surface area contributed by atoms with E-state index < -0.39 is 6.10 Å². The van der Waals surface area contributed by atoms with Crippen LogP contribution in [0.4, 0.5) is 0 Å².